The molecular weight excluding hydrogens is 330 g/mol. The van der Waals surface area contributed by atoms with E-state index in [0.717, 1.165) is 24.2 Å². The summed E-state index contributed by atoms with van der Waals surface area (Å²) in [6.07, 6.45) is 2.65. The van der Waals surface area contributed by atoms with Crippen LogP contribution >= 0.6 is 0 Å². The Kier molecular flexibility index (Phi) is 5.35. The second-order valence-corrected chi connectivity index (χ2v) is 7.16. The summed E-state index contributed by atoms with van der Waals surface area (Å²) in [5.74, 6) is 0.240. The van der Waals surface area contributed by atoms with E-state index in [1.807, 2.05) is 31.2 Å². The Hall–Kier alpha value is -2.70. The van der Waals surface area contributed by atoms with Crippen LogP contribution in [0.15, 0.2) is 30.5 Å². The van der Waals surface area contributed by atoms with E-state index in [9.17, 15) is 9.59 Å². The molecule has 138 valence electrons. The smallest absolute Gasteiger partial charge is 0.276 e. The van der Waals surface area contributed by atoms with Gasteiger partial charge in [0.15, 0.2) is 5.69 Å². The maximum atomic E-state index is 12.6. The molecule has 1 saturated heterocycles. The van der Waals surface area contributed by atoms with Crippen LogP contribution in [0.4, 0.5) is 5.69 Å². The Morgan fingerprint density at radius 1 is 1.19 bits per heavy atom. The van der Waals surface area contributed by atoms with E-state index in [1.165, 1.54) is 0 Å². The topological polar surface area (TPSA) is 71.3 Å². The summed E-state index contributed by atoms with van der Waals surface area (Å²) in [4.78, 5) is 28.4. The number of rotatable bonds is 5. The third-order valence-electron chi connectivity index (χ3n) is 4.55. The highest BCUT2D eigenvalue weighted by Gasteiger charge is 2.29. The van der Waals surface area contributed by atoms with Crippen LogP contribution in [0.2, 0.25) is 0 Å². The van der Waals surface area contributed by atoms with E-state index in [0.29, 0.717) is 24.7 Å². The van der Waals surface area contributed by atoms with Gasteiger partial charge in [0.25, 0.3) is 5.91 Å². The lowest BCUT2D eigenvalue weighted by molar-refractivity contribution is -0.120. The van der Waals surface area contributed by atoms with Crippen molar-refractivity contribution in [2.45, 2.75) is 33.7 Å². The lowest BCUT2D eigenvalue weighted by Crippen LogP contribution is -2.52. The zero-order valence-electron chi connectivity index (χ0n) is 15.6. The number of aromatic nitrogens is 3. The van der Waals surface area contributed by atoms with Crippen LogP contribution in [-0.2, 0) is 11.3 Å². The fourth-order valence-electron chi connectivity index (χ4n) is 2.90. The van der Waals surface area contributed by atoms with Crippen LogP contribution in [0, 0.1) is 12.8 Å². The van der Waals surface area contributed by atoms with Gasteiger partial charge in [-0.05, 0) is 31.4 Å². The van der Waals surface area contributed by atoms with Gasteiger partial charge in [-0.3, -0.25) is 14.3 Å². The van der Waals surface area contributed by atoms with Crippen LogP contribution in [0.25, 0.3) is 0 Å². The van der Waals surface area contributed by atoms with E-state index in [1.54, 1.807) is 20.7 Å². The SMILES string of the molecule is Cc1ccc(N2CCN(C(=O)c3cn(CCC(C)C)nn3)CC2=O)cc1. The van der Waals surface area contributed by atoms with Gasteiger partial charge in [-0.25, -0.2) is 0 Å². The van der Waals surface area contributed by atoms with Crippen LogP contribution < -0.4 is 4.90 Å². The molecular formula is C19H25N5O2. The van der Waals surface area contributed by atoms with E-state index >= 15 is 0 Å². The predicted octanol–water partition coefficient (Wildman–Crippen LogP) is 2.12. The van der Waals surface area contributed by atoms with Gasteiger partial charge in [-0.15, -0.1) is 5.10 Å². The van der Waals surface area contributed by atoms with Crippen LogP contribution in [0.3, 0.4) is 0 Å². The van der Waals surface area contributed by atoms with Crippen molar-refractivity contribution in [2.24, 2.45) is 5.92 Å². The minimum atomic E-state index is -0.238. The molecule has 26 heavy (non-hydrogen) atoms. The van der Waals surface area contributed by atoms with Crippen molar-refractivity contribution < 1.29 is 9.59 Å². The molecule has 0 N–H and O–H groups in total. The fourth-order valence-corrected chi connectivity index (χ4v) is 2.90. The van der Waals surface area contributed by atoms with Gasteiger partial charge in [-0.1, -0.05) is 36.8 Å². The number of hydrogen-bond donors (Lipinski definition) is 0. The van der Waals surface area contributed by atoms with Gasteiger partial charge in [0.05, 0.1) is 6.20 Å². The number of piperazine rings is 1. The first-order valence-electron chi connectivity index (χ1n) is 9.00. The number of anilines is 1. The molecule has 1 aromatic heterocycles. The fraction of sp³-hybridized carbons (Fsp3) is 0.474. The maximum absolute atomic E-state index is 12.6. The Morgan fingerprint density at radius 3 is 2.58 bits per heavy atom. The van der Waals surface area contributed by atoms with Gasteiger partial charge in [0, 0.05) is 25.3 Å². The number of carbonyl (C=O) groups excluding carboxylic acids is 2. The average Bonchev–Trinajstić information content (AvgIpc) is 3.09. The van der Waals surface area contributed by atoms with Gasteiger partial charge < -0.3 is 9.80 Å². The molecule has 0 radical (unpaired) electrons. The molecule has 0 unspecified atom stereocenters. The van der Waals surface area contributed by atoms with E-state index in [2.05, 4.69) is 24.2 Å². The Labute approximate surface area is 153 Å². The summed E-state index contributed by atoms with van der Waals surface area (Å²) in [5, 5.41) is 8.00. The highest BCUT2D eigenvalue weighted by atomic mass is 16.2. The normalized spacial score (nSPS) is 15.0. The molecule has 1 aliphatic heterocycles. The number of aryl methyl sites for hydroxylation is 2. The van der Waals surface area contributed by atoms with Gasteiger partial charge >= 0.3 is 0 Å². The molecule has 1 aliphatic rings. The summed E-state index contributed by atoms with van der Waals surface area (Å²) < 4.78 is 1.69. The molecule has 7 nitrogen and oxygen atoms in total. The van der Waals surface area contributed by atoms with Gasteiger partial charge in [-0.2, -0.15) is 0 Å². The summed E-state index contributed by atoms with van der Waals surface area (Å²) in [6.45, 7) is 8.05. The quantitative estimate of drug-likeness (QED) is 0.824. The highest BCUT2D eigenvalue weighted by molar-refractivity contribution is 6.00. The molecule has 0 spiro atoms. The average molecular weight is 355 g/mol. The molecule has 2 aromatic rings. The highest BCUT2D eigenvalue weighted by Crippen LogP contribution is 2.18. The van der Waals surface area contributed by atoms with Crippen molar-refractivity contribution in [3.05, 3.63) is 41.7 Å². The summed E-state index contributed by atoms with van der Waals surface area (Å²) in [6, 6.07) is 7.83. The molecule has 0 aliphatic carbocycles. The first-order chi connectivity index (χ1) is 12.4. The predicted molar refractivity (Wildman–Crippen MR) is 98.9 cm³/mol. The summed E-state index contributed by atoms with van der Waals surface area (Å²) >= 11 is 0. The lowest BCUT2D eigenvalue weighted by atomic mass is 10.1. The van der Waals surface area contributed by atoms with Crippen molar-refractivity contribution >= 4 is 17.5 Å². The zero-order valence-corrected chi connectivity index (χ0v) is 15.6. The van der Waals surface area contributed by atoms with Crippen molar-refractivity contribution in [3.63, 3.8) is 0 Å². The molecule has 0 saturated carbocycles. The largest absolute Gasteiger partial charge is 0.326 e. The van der Waals surface area contributed by atoms with Gasteiger partial charge in [0.2, 0.25) is 5.91 Å². The lowest BCUT2D eigenvalue weighted by Gasteiger charge is -2.34. The summed E-state index contributed by atoms with van der Waals surface area (Å²) in [5.41, 5.74) is 2.31. The Bertz CT molecular complexity index is 781. The molecule has 1 aromatic carbocycles. The molecule has 3 rings (SSSR count). The molecule has 0 atom stereocenters. The molecule has 2 amide bonds. The van der Waals surface area contributed by atoms with Crippen molar-refractivity contribution in [3.8, 4) is 0 Å². The minimum Gasteiger partial charge on any atom is -0.326 e. The van der Waals surface area contributed by atoms with Crippen molar-refractivity contribution in [1.29, 1.82) is 0 Å². The third-order valence-corrected chi connectivity index (χ3v) is 4.55. The van der Waals surface area contributed by atoms with Gasteiger partial charge in [0.1, 0.15) is 6.54 Å². The number of benzene rings is 1. The number of hydrogen-bond acceptors (Lipinski definition) is 4. The zero-order chi connectivity index (χ0) is 18.7. The van der Waals surface area contributed by atoms with E-state index in [-0.39, 0.29) is 18.4 Å². The van der Waals surface area contributed by atoms with E-state index in [4.69, 9.17) is 0 Å². The molecule has 2 heterocycles. The second kappa shape index (κ2) is 7.68. The van der Waals surface area contributed by atoms with Crippen LogP contribution in [0.1, 0.15) is 36.3 Å². The first-order valence-corrected chi connectivity index (χ1v) is 9.00. The Morgan fingerprint density at radius 2 is 1.92 bits per heavy atom. The van der Waals surface area contributed by atoms with Crippen LogP contribution in [-0.4, -0.2) is 51.3 Å². The van der Waals surface area contributed by atoms with Crippen molar-refractivity contribution in [2.75, 3.05) is 24.5 Å². The first kappa shape index (κ1) is 18.1. The molecule has 0 bridgehead atoms. The third kappa shape index (κ3) is 4.09. The van der Waals surface area contributed by atoms with Crippen molar-refractivity contribution in [1.82, 2.24) is 19.9 Å². The Balaban J connectivity index is 1.62. The standard InChI is InChI=1S/C19H25N5O2/c1-14(2)8-9-23-12-17(20-21-23)19(26)22-10-11-24(18(25)13-22)16-6-4-15(3)5-7-16/h4-7,12,14H,8-11,13H2,1-3H3. The monoisotopic (exact) mass is 355 g/mol. The number of amides is 2. The second-order valence-electron chi connectivity index (χ2n) is 7.16. The number of carbonyl (C=O) groups is 2. The molecule has 1 fully saturated rings. The summed E-state index contributed by atoms with van der Waals surface area (Å²) in [7, 11) is 0. The van der Waals surface area contributed by atoms with Crippen LogP contribution in [0.5, 0.6) is 0 Å². The van der Waals surface area contributed by atoms with E-state index < -0.39 is 0 Å². The minimum absolute atomic E-state index is 0.0611. The molecule has 7 heteroatoms. The maximum Gasteiger partial charge on any atom is 0.276 e. The number of nitrogens with zero attached hydrogens (tertiary/aromatic N) is 5.